The summed E-state index contributed by atoms with van der Waals surface area (Å²) in [7, 11) is 0. The topological polar surface area (TPSA) is 46.2 Å². The Morgan fingerprint density at radius 3 is 2.00 bits per heavy atom. The van der Waals surface area contributed by atoms with Crippen molar-refractivity contribution in [2.75, 3.05) is 6.61 Å². The maximum Gasteiger partial charge on any atom is 0.0582 e. The van der Waals surface area contributed by atoms with E-state index in [1.807, 2.05) is 0 Å². The lowest BCUT2D eigenvalue weighted by Gasteiger charge is -2.55. The molecular weight excluding hydrogens is 186 g/mol. The number of hydrogen-bond acceptors (Lipinski definition) is 2. The highest BCUT2D eigenvalue weighted by Crippen LogP contribution is 2.57. The Bertz CT molecular complexity index is 213. The SMILES string of the molecule is NC(CO)CC1C2CC3CC(C2)CC1C3. The van der Waals surface area contributed by atoms with Crippen LogP contribution in [0.1, 0.15) is 38.5 Å². The minimum Gasteiger partial charge on any atom is -0.395 e. The molecule has 4 bridgehead atoms. The first-order valence-electron chi connectivity index (χ1n) is 6.62. The number of aliphatic hydroxyl groups excluding tert-OH is 1. The Morgan fingerprint density at radius 2 is 1.53 bits per heavy atom. The van der Waals surface area contributed by atoms with Crippen molar-refractivity contribution in [1.82, 2.24) is 0 Å². The van der Waals surface area contributed by atoms with Crippen molar-refractivity contribution in [3.05, 3.63) is 0 Å². The standard InChI is InChI=1S/C13H23NO/c14-12(7-15)6-13-10-2-8-1-9(4-10)5-11(13)3-8/h8-13,15H,1-7,14H2. The van der Waals surface area contributed by atoms with E-state index in [-0.39, 0.29) is 12.6 Å². The summed E-state index contributed by atoms with van der Waals surface area (Å²) >= 11 is 0. The first-order chi connectivity index (χ1) is 7.26. The number of rotatable bonds is 3. The molecule has 4 rings (SSSR count). The normalized spacial score (nSPS) is 49.6. The molecule has 3 N–H and O–H groups in total. The van der Waals surface area contributed by atoms with Gasteiger partial charge in [-0.05, 0) is 68.1 Å². The lowest BCUT2D eigenvalue weighted by atomic mass is 9.51. The summed E-state index contributed by atoms with van der Waals surface area (Å²) in [6.45, 7) is 0.169. The van der Waals surface area contributed by atoms with Gasteiger partial charge in [-0.1, -0.05) is 0 Å². The van der Waals surface area contributed by atoms with Crippen molar-refractivity contribution < 1.29 is 5.11 Å². The zero-order valence-corrected chi connectivity index (χ0v) is 9.44. The van der Waals surface area contributed by atoms with E-state index in [0.717, 1.165) is 36.0 Å². The van der Waals surface area contributed by atoms with Gasteiger partial charge in [0.2, 0.25) is 0 Å². The largest absolute Gasteiger partial charge is 0.395 e. The second kappa shape index (κ2) is 3.74. The zero-order chi connectivity index (χ0) is 10.4. The van der Waals surface area contributed by atoms with Crippen LogP contribution in [-0.4, -0.2) is 17.8 Å². The van der Waals surface area contributed by atoms with E-state index in [9.17, 15) is 0 Å². The van der Waals surface area contributed by atoms with Crippen LogP contribution in [0.4, 0.5) is 0 Å². The maximum absolute atomic E-state index is 9.06. The molecule has 0 aromatic carbocycles. The molecule has 0 amide bonds. The first kappa shape index (κ1) is 10.1. The van der Waals surface area contributed by atoms with Gasteiger partial charge in [-0.25, -0.2) is 0 Å². The van der Waals surface area contributed by atoms with Crippen molar-refractivity contribution in [3.63, 3.8) is 0 Å². The highest BCUT2D eigenvalue weighted by Gasteiger charge is 2.48. The van der Waals surface area contributed by atoms with Gasteiger partial charge < -0.3 is 10.8 Å². The van der Waals surface area contributed by atoms with Crippen LogP contribution in [0, 0.1) is 29.6 Å². The van der Waals surface area contributed by atoms with Gasteiger partial charge in [-0.3, -0.25) is 0 Å². The van der Waals surface area contributed by atoms with Crippen molar-refractivity contribution in [2.45, 2.75) is 44.6 Å². The minimum atomic E-state index is 0.0347. The fourth-order valence-corrected chi connectivity index (χ4v) is 4.85. The molecule has 4 aliphatic rings. The quantitative estimate of drug-likeness (QED) is 0.744. The molecule has 2 heteroatoms. The van der Waals surface area contributed by atoms with E-state index in [1.165, 1.54) is 32.1 Å². The van der Waals surface area contributed by atoms with E-state index in [4.69, 9.17) is 10.8 Å². The number of nitrogens with two attached hydrogens (primary N) is 1. The van der Waals surface area contributed by atoms with Crippen LogP contribution in [0.25, 0.3) is 0 Å². The summed E-state index contributed by atoms with van der Waals surface area (Å²) in [6.07, 6.45) is 8.47. The Labute approximate surface area is 92.2 Å². The molecule has 0 heterocycles. The van der Waals surface area contributed by atoms with E-state index in [2.05, 4.69) is 0 Å². The molecule has 0 aromatic heterocycles. The van der Waals surface area contributed by atoms with Gasteiger partial charge in [-0.15, -0.1) is 0 Å². The number of aliphatic hydroxyl groups is 1. The summed E-state index contributed by atoms with van der Waals surface area (Å²) in [4.78, 5) is 0. The van der Waals surface area contributed by atoms with Crippen LogP contribution >= 0.6 is 0 Å². The van der Waals surface area contributed by atoms with Crippen LogP contribution in [0.2, 0.25) is 0 Å². The molecule has 0 saturated heterocycles. The van der Waals surface area contributed by atoms with Crippen molar-refractivity contribution >= 4 is 0 Å². The van der Waals surface area contributed by atoms with Crippen LogP contribution in [-0.2, 0) is 0 Å². The molecule has 1 atom stereocenters. The monoisotopic (exact) mass is 209 g/mol. The first-order valence-corrected chi connectivity index (χ1v) is 6.62. The predicted molar refractivity (Wildman–Crippen MR) is 60.2 cm³/mol. The minimum absolute atomic E-state index is 0.0347. The fraction of sp³-hybridized carbons (Fsp3) is 1.00. The molecule has 1 unspecified atom stereocenters. The van der Waals surface area contributed by atoms with Crippen molar-refractivity contribution in [1.29, 1.82) is 0 Å². The molecule has 86 valence electrons. The molecule has 0 spiro atoms. The lowest BCUT2D eigenvalue weighted by Crippen LogP contribution is -2.47. The van der Waals surface area contributed by atoms with Gasteiger partial charge in [0.25, 0.3) is 0 Å². The smallest absolute Gasteiger partial charge is 0.0582 e. The van der Waals surface area contributed by atoms with Gasteiger partial charge >= 0.3 is 0 Å². The maximum atomic E-state index is 9.06. The summed E-state index contributed by atoms with van der Waals surface area (Å²) < 4.78 is 0. The average molecular weight is 209 g/mol. The predicted octanol–water partition coefficient (Wildman–Crippen LogP) is 1.77. The Hall–Kier alpha value is -0.0800. The molecule has 0 aliphatic heterocycles. The molecule has 4 fully saturated rings. The van der Waals surface area contributed by atoms with Gasteiger partial charge in [0, 0.05) is 6.04 Å². The summed E-state index contributed by atoms with van der Waals surface area (Å²) in [5, 5.41) is 9.06. The second-order valence-corrected chi connectivity index (χ2v) is 6.27. The van der Waals surface area contributed by atoms with E-state index >= 15 is 0 Å². The summed E-state index contributed by atoms with van der Waals surface area (Å²) in [5.41, 5.74) is 5.90. The highest BCUT2D eigenvalue weighted by molar-refractivity contribution is 4.98. The molecule has 15 heavy (non-hydrogen) atoms. The Balaban J connectivity index is 1.69. The molecular formula is C13H23NO. The molecule has 4 aliphatic carbocycles. The van der Waals surface area contributed by atoms with E-state index in [0.29, 0.717) is 0 Å². The fourth-order valence-electron chi connectivity index (χ4n) is 4.85. The summed E-state index contributed by atoms with van der Waals surface area (Å²) in [5.74, 6) is 4.86. The molecule has 0 aromatic rings. The van der Waals surface area contributed by atoms with Crippen LogP contribution < -0.4 is 5.73 Å². The van der Waals surface area contributed by atoms with Crippen LogP contribution in [0.3, 0.4) is 0 Å². The third kappa shape index (κ3) is 1.72. The lowest BCUT2D eigenvalue weighted by molar-refractivity contribution is -0.0435. The van der Waals surface area contributed by atoms with Crippen LogP contribution in [0.15, 0.2) is 0 Å². The second-order valence-electron chi connectivity index (χ2n) is 6.27. The van der Waals surface area contributed by atoms with Gasteiger partial charge in [-0.2, -0.15) is 0 Å². The Morgan fingerprint density at radius 1 is 1.00 bits per heavy atom. The zero-order valence-electron chi connectivity index (χ0n) is 9.44. The average Bonchev–Trinajstić information content (AvgIpc) is 2.22. The number of hydrogen-bond donors (Lipinski definition) is 2. The van der Waals surface area contributed by atoms with Gasteiger partial charge in [0.1, 0.15) is 0 Å². The van der Waals surface area contributed by atoms with E-state index < -0.39 is 0 Å². The third-order valence-corrected chi connectivity index (χ3v) is 5.23. The Kier molecular flexibility index (Phi) is 2.52. The van der Waals surface area contributed by atoms with Gasteiger partial charge in [0.15, 0.2) is 0 Å². The molecule has 4 saturated carbocycles. The highest BCUT2D eigenvalue weighted by atomic mass is 16.3. The third-order valence-electron chi connectivity index (χ3n) is 5.23. The van der Waals surface area contributed by atoms with Crippen LogP contribution in [0.5, 0.6) is 0 Å². The van der Waals surface area contributed by atoms with E-state index in [1.54, 1.807) is 0 Å². The van der Waals surface area contributed by atoms with Crippen molar-refractivity contribution in [2.24, 2.45) is 35.3 Å². The molecule has 2 nitrogen and oxygen atoms in total. The summed E-state index contributed by atoms with van der Waals surface area (Å²) in [6, 6.07) is 0.0347. The van der Waals surface area contributed by atoms with Crippen molar-refractivity contribution in [3.8, 4) is 0 Å². The molecule has 0 radical (unpaired) electrons. The van der Waals surface area contributed by atoms with Gasteiger partial charge in [0.05, 0.1) is 6.61 Å².